The smallest absolute Gasteiger partial charge is 0.166 e. The summed E-state index contributed by atoms with van der Waals surface area (Å²) >= 11 is 0. The quantitative estimate of drug-likeness (QED) is 0.162. The molecule has 57 heavy (non-hydrogen) atoms. The fraction of sp³-hybridized carbons (Fsp3) is 0. The van der Waals surface area contributed by atoms with Gasteiger partial charge in [-0.3, -0.25) is 0 Å². The minimum atomic E-state index is 0.514. The number of nitriles is 1. The summed E-state index contributed by atoms with van der Waals surface area (Å²) in [4.78, 5) is 25.6. The van der Waals surface area contributed by atoms with Crippen LogP contribution in [-0.2, 0) is 0 Å². The highest BCUT2D eigenvalue weighted by Gasteiger charge is 2.21. The van der Waals surface area contributed by atoms with Gasteiger partial charge in [0.1, 0.15) is 0 Å². The van der Waals surface area contributed by atoms with Crippen LogP contribution in [0.3, 0.4) is 0 Å². The topological polar surface area (TPSA) is 93.2 Å². The van der Waals surface area contributed by atoms with Crippen LogP contribution in [0.4, 0.5) is 0 Å². The largest absolute Gasteiger partial charge is 0.308 e. The fourth-order valence-electron chi connectivity index (χ4n) is 7.37. The van der Waals surface area contributed by atoms with Crippen molar-refractivity contribution in [2.75, 3.05) is 0 Å². The van der Waals surface area contributed by atoms with Gasteiger partial charge in [-0.15, -0.1) is 0 Å². The molecule has 10 aromatic rings. The van der Waals surface area contributed by atoms with E-state index >= 15 is 0 Å². The van der Waals surface area contributed by atoms with Crippen molar-refractivity contribution in [1.82, 2.24) is 29.5 Å². The van der Waals surface area contributed by atoms with Gasteiger partial charge in [0.05, 0.1) is 39.7 Å². The lowest BCUT2D eigenvalue weighted by molar-refractivity contribution is 1.06. The molecular weight excluding hydrogens is 699 g/mol. The maximum Gasteiger partial charge on any atom is 0.166 e. The van der Waals surface area contributed by atoms with Gasteiger partial charge < -0.3 is 4.57 Å². The van der Waals surface area contributed by atoms with Crippen LogP contribution in [0.5, 0.6) is 0 Å². The zero-order valence-corrected chi connectivity index (χ0v) is 30.5. The minimum Gasteiger partial charge on any atom is -0.308 e. The molecule has 3 heterocycles. The number of fused-ring (bicyclic) bond motifs is 3. The third kappa shape index (κ3) is 6.27. The van der Waals surface area contributed by atoms with Gasteiger partial charge in [-0.25, -0.2) is 24.9 Å². The molecule has 266 valence electrons. The molecule has 0 bridgehead atoms. The number of benzene rings is 7. The third-order valence-corrected chi connectivity index (χ3v) is 10.1. The number of nitrogens with zero attached hydrogens (tertiary/aromatic N) is 7. The molecule has 0 radical (unpaired) electrons. The normalized spacial score (nSPS) is 11.1. The van der Waals surface area contributed by atoms with Crippen LogP contribution in [0.2, 0.25) is 0 Å². The van der Waals surface area contributed by atoms with E-state index in [1.807, 2.05) is 146 Å². The highest BCUT2D eigenvalue weighted by Crippen LogP contribution is 2.39. The van der Waals surface area contributed by atoms with Gasteiger partial charge in [0.2, 0.25) is 0 Å². The second-order valence-corrected chi connectivity index (χ2v) is 13.7. The van der Waals surface area contributed by atoms with Crippen LogP contribution in [0.25, 0.3) is 95.6 Å². The summed E-state index contributed by atoms with van der Waals surface area (Å²) in [5.41, 5.74) is 10.4. The second kappa shape index (κ2) is 14.3. The van der Waals surface area contributed by atoms with Crippen molar-refractivity contribution in [3.63, 3.8) is 0 Å². The predicted molar refractivity (Wildman–Crippen MR) is 227 cm³/mol. The Labute approximate surface area is 328 Å². The Hall–Kier alpha value is -8.08. The first-order valence-corrected chi connectivity index (χ1v) is 18.7. The number of aromatic nitrogens is 6. The van der Waals surface area contributed by atoms with Crippen molar-refractivity contribution in [1.29, 1.82) is 5.26 Å². The average molecular weight is 730 g/mol. The highest BCUT2D eigenvalue weighted by atomic mass is 15.1. The van der Waals surface area contributed by atoms with Crippen molar-refractivity contribution in [2.45, 2.75) is 0 Å². The molecule has 0 aliphatic heterocycles. The van der Waals surface area contributed by atoms with Gasteiger partial charge in [0.25, 0.3) is 0 Å². The number of hydrogen-bond donors (Lipinski definition) is 0. The van der Waals surface area contributed by atoms with Gasteiger partial charge in [-0.2, -0.15) is 5.26 Å². The Kier molecular flexibility index (Phi) is 8.40. The van der Waals surface area contributed by atoms with E-state index in [0.717, 1.165) is 72.3 Å². The van der Waals surface area contributed by atoms with E-state index in [-0.39, 0.29) is 0 Å². The number of para-hydroxylation sites is 1. The predicted octanol–water partition coefficient (Wildman–Crippen LogP) is 11.6. The van der Waals surface area contributed by atoms with Gasteiger partial charge in [0, 0.05) is 44.2 Å². The minimum absolute atomic E-state index is 0.514. The zero-order chi connectivity index (χ0) is 38.1. The molecule has 0 atom stereocenters. The molecule has 3 aromatic heterocycles. The summed E-state index contributed by atoms with van der Waals surface area (Å²) < 4.78 is 2.24. The number of rotatable bonds is 7. The SMILES string of the molecule is N#Cc1ccc2c(c1)c1ccccc1n2-c1ccc(-c2cc(-c3ccccc3)nc(-c3ccccc3)n2)cc1-c1nc(-c2ccccc2)nc(-c2ccccc2)n1. The van der Waals surface area contributed by atoms with E-state index in [9.17, 15) is 5.26 Å². The monoisotopic (exact) mass is 729 g/mol. The fourth-order valence-corrected chi connectivity index (χ4v) is 7.37. The van der Waals surface area contributed by atoms with Crippen LogP contribution in [0, 0.1) is 11.3 Å². The van der Waals surface area contributed by atoms with Crippen LogP contribution in [-0.4, -0.2) is 29.5 Å². The Balaban J connectivity index is 1.27. The van der Waals surface area contributed by atoms with Gasteiger partial charge in [0.15, 0.2) is 23.3 Å². The summed E-state index contributed by atoms with van der Waals surface area (Å²) in [7, 11) is 0. The molecule has 0 saturated heterocycles. The second-order valence-electron chi connectivity index (χ2n) is 13.7. The summed E-state index contributed by atoms with van der Waals surface area (Å²) in [5, 5.41) is 11.9. The Morgan fingerprint density at radius 3 is 1.46 bits per heavy atom. The van der Waals surface area contributed by atoms with Crippen molar-refractivity contribution in [3.8, 4) is 79.8 Å². The molecule has 7 heteroatoms. The summed E-state index contributed by atoms with van der Waals surface area (Å²) in [6.45, 7) is 0. The number of hydrogen-bond acceptors (Lipinski definition) is 6. The molecule has 0 spiro atoms. The lowest BCUT2D eigenvalue weighted by Gasteiger charge is -2.16. The molecule has 0 saturated carbocycles. The van der Waals surface area contributed by atoms with Crippen LogP contribution >= 0.6 is 0 Å². The molecule has 0 amide bonds. The van der Waals surface area contributed by atoms with E-state index in [1.165, 1.54) is 0 Å². The molecular formula is C50H31N7. The molecule has 7 nitrogen and oxygen atoms in total. The van der Waals surface area contributed by atoms with Crippen molar-refractivity contribution >= 4 is 21.8 Å². The first-order chi connectivity index (χ1) is 28.2. The van der Waals surface area contributed by atoms with Crippen molar-refractivity contribution in [2.24, 2.45) is 0 Å². The molecule has 0 N–H and O–H groups in total. The molecule has 0 aliphatic rings. The summed E-state index contributed by atoms with van der Waals surface area (Å²) in [6.07, 6.45) is 0. The molecule has 0 aliphatic carbocycles. The van der Waals surface area contributed by atoms with E-state index in [2.05, 4.69) is 53.1 Å². The standard InChI is InChI=1S/C50H31N7/c51-32-33-25-27-45-40(29-33)39-23-13-14-24-44(39)57(45)46-28-26-38(43-31-42(34-15-5-1-6-16-34)52-47(53-43)35-17-7-2-8-18-35)30-41(46)50-55-48(36-19-9-3-10-20-36)54-49(56-50)37-21-11-4-12-22-37/h1-31H. The maximum absolute atomic E-state index is 9.86. The molecule has 0 unspecified atom stereocenters. The summed E-state index contributed by atoms with van der Waals surface area (Å²) in [6, 6.07) is 65.1. The van der Waals surface area contributed by atoms with E-state index in [0.29, 0.717) is 28.9 Å². The zero-order valence-electron chi connectivity index (χ0n) is 30.5. The first kappa shape index (κ1) is 33.5. The Morgan fingerprint density at radius 1 is 0.368 bits per heavy atom. The van der Waals surface area contributed by atoms with Crippen molar-refractivity contribution < 1.29 is 0 Å². The van der Waals surface area contributed by atoms with E-state index in [4.69, 9.17) is 24.9 Å². The Morgan fingerprint density at radius 2 is 0.860 bits per heavy atom. The highest BCUT2D eigenvalue weighted by molar-refractivity contribution is 6.10. The molecule has 0 fully saturated rings. The lowest BCUT2D eigenvalue weighted by atomic mass is 10.0. The van der Waals surface area contributed by atoms with Crippen LogP contribution in [0.15, 0.2) is 188 Å². The van der Waals surface area contributed by atoms with Gasteiger partial charge >= 0.3 is 0 Å². The van der Waals surface area contributed by atoms with Crippen LogP contribution in [0.1, 0.15) is 5.56 Å². The lowest BCUT2D eigenvalue weighted by Crippen LogP contribution is -2.04. The Bertz CT molecular complexity index is 3000. The van der Waals surface area contributed by atoms with Crippen LogP contribution < -0.4 is 0 Å². The first-order valence-electron chi connectivity index (χ1n) is 18.7. The molecule has 10 rings (SSSR count). The van der Waals surface area contributed by atoms with Crippen molar-refractivity contribution in [3.05, 3.63) is 194 Å². The van der Waals surface area contributed by atoms with E-state index < -0.39 is 0 Å². The average Bonchev–Trinajstić information content (AvgIpc) is 3.63. The van der Waals surface area contributed by atoms with Gasteiger partial charge in [-0.05, 0) is 42.5 Å². The van der Waals surface area contributed by atoms with E-state index in [1.54, 1.807) is 0 Å². The summed E-state index contributed by atoms with van der Waals surface area (Å²) in [5.74, 6) is 2.28. The third-order valence-electron chi connectivity index (χ3n) is 10.1. The maximum atomic E-state index is 9.86. The molecule has 7 aromatic carbocycles. The van der Waals surface area contributed by atoms with Gasteiger partial charge in [-0.1, -0.05) is 146 Å².